The molecule has 0 saturated carbocycles. The second-order valence-electron chi connectivity index (χ2n) is 7.01. The van der Waals surface area contributed by atoms with Crippen molar-refractivity contribution in [3.05, 3.63) is 52.9 Å². The van der Waals surface area contributed by atoms with Gasteiger partial charge in [0.05, 0.1) is 32.9 Å². The van der Waals surface area contributed by atoms with E-state index in [1.165, 1.54) is 19.4 Å². The van der Waals surface area contributed by atoms with Crippen LogP contribution in [0.3, 0.4) is 0 Å². The number of benzene rings is 1. The molecule has 1 aromatic heterocycles. The molecule has 0 bridgehead atoms. The summed E-state index contributed by atoms with van der Waals surface area (Å²) in [5.41, 5.74) is 1.95. The Kier molecular flexibility index (Phi) is 9.11. The summed E-state index contributed by atoms with van der Waals surface area (Å²) in [4.78, 5) is 3.74. The van der Waals surface area contributed by atoms with Crippen LogP contribution in [0.15, 0.2) is 41.0 Å². The van der Waals surface area contributed by atoms with Crippen molar-refractivity contribution in [3.63, 3.8) is 0 Å². The zero-order valence-corrected chi connectivity index (χ0v) is 18.1. The molecule has 6 heteroatoms. The second-order valence-corrected chi connectivity index (χ2v) is 7.80. The zero-order valence-electron chi connectivity index (χ0n) is 16.6. The number of rotatable bonds is 10. The van der Waals surface area contributed by atoms with E-state index in [4.69, 9.17) is 28.2 Å². The van der Waals surface area contributed by atoms with E-state index in [9.17, 15) is 0 Å². The summed E-state index contributed by atoms with van der Waals surface area (Å²) in [6.45, 7) is 8.13. The topological polar surface area (TPSA) is 32.9 Å². The zero-order chi connectivity index (χ0) is 19.6. The Bertz CT molecular complexity index is 705. The predicted octanol–water partition coefficient (Wildman–Crippen LogP) is 4.15. The normalized spacial score (nSPS) is 12.0. The molecule has 2 rings (SSSR count). The highest BCUT2D eigenvalue weighted by molar-refractivity contribution is 7.80. The van der Waals surface area contributed by atoms with Crippen LogP contribution in [-0.2, 0) is 6.54 Å². The van der Waals surface area contributed by atoms with Crippen LogP contribution < -0.4 is 10.2 Å². The van der Waals surface area contributed by atoms with E-state index in [-0.39, 0.29) is 0 Å². The maximum absolute atomic E-state index is 6.24. The second kappa shape index (κ2) is 11.3. The Morgan fingerprint density at radius 2 is 2.00 bits per heavy atom. The third kappa shape index (κ3) is 7.17. The number of thiocarbonyl (C=S) groups is 1. The molecule has 0 aliphatic rings. The number of nitrogens with zero attached hydrogens (tertiary/aromatic N) is 1. The Morgan fingerprint density at radius 3 is 2.70 bits per heavy atom. The number of anilines is 1. The van der Waals surface area contributed by atoms with Gasteiger partial charge in [0.2, 0.25) is 0 Å². The summed E-state index contributed by atoms with van der Waals surface area (Å²) < 4.78 is 5.53. The van der Waals surface area contributed by atoms with Crippen LogP contribution in [-0.4, -0.2) is 36.7 Å². The lowest BCUT2D eigenvalue weighted by molar-refractivity contribution is -0.880. The highest BCUT2D eigenvalue weighted by Crippen LogP contribution is 2.23. The van der Waals surface area contributed by atoms with Crippen molar-refractivity contribution in [2.75, 3.05) is 32.0 Å². The average molecular weight is 409 g/mol. The first-order chi connectivity index (χ1) is 13.0. The fourth-order valence-corrected chi connectivity index (χ4v) is 3.40. The molecule has 0 amide bonds. The number of hydrogen-bond donors (Lipinski definition) is 2. The van der Waals surface area contributed by atoms with Crippen LogP contribution in [0.25, 0.3) is 0 Å². The smallest absolute Gasteiger partial charge is 0.173 e. The predicted molar refractivity (Wildman–Crippen MR) is 118 cm³/mol. The Labute approximate surface area is 173 Å². The maximum Gasteiger partial charge on any atom is 0.173 e. The van der Waals surface area contributed by atoms with Crippen molar-refractivity contribution < 1.29 is 9.32 Å². The van der Waals surface area contributed by atoms with Gasteiger partial charge >= 0.3 is 0 Å². The summed E-state index contributed by atoms with van der Waals surface area (Å²) in [7, 11) is 2.26. The van der Waals surface area contributed by atoms with Crippen LogP contribution >= 0.6 is 23.8 Å². The monoisotopic (exact) mass is 408 g/mol. The standard InChI is InChI=1S/C21H30ClN3OS/c1-4-5-12-24(3)13-8-14-25(16-18-9-7-15-26-18)21(27)23-20-11-6-10-19(22)17(20)2/h6-7,9-11,15H,4-5,8,12-14,16H2,1-3H3,(H,23,27)/p+1. The van der Waals surface area contributed by atoms with Crippen LogP contribution in [0.4, 0.5) is 5.69 Å². The molecular weight excluding hydrogens is 378 g/mol. The third-order valence-corrected chi connectivity index (χ3v) is 5.48. The van der Waals surface area contributed by atoms with E-state index in [2.05, 4.69) is 24.2 Å². The fourth-order valence-electron chi connectivity index (χ4n) is 2.96. The molecule has 0 fully saturated rings. The average Bonchev–Trinajstić information content (AvgIpc) is 3.16. The van der Waals surface area contributed by atoms with Crippen molar-refractivity contribution in [3.8, 4) is 0 Å². The first kappa shape index (κ1) is 21.7. The van der Waals surface area contributed by atoms with E-state index >= 15 is 0 Å². The molecule has 0 saturated heterocycles. The summed E-state index contributed by atoms with van der Waals surface area (Å²) in [5.74, 6) is 0.911. The first-order valence-electron chi connectivity index (χ1n) is 9.66. The van der Waals surface area contributed by atoms with Crippen molar-refractivity contribution in [2.24, 2.45) is 0 Å². The van der Waals surface area contributed by atoms with E-state index in [1.807, 2.05) is 37.3 Å². The third-order valence-electron chi connectivity index (χ3n) is 4.71. The van der Waals surface area contributed by atoms with Crippen LogP contribution in [0.5, 0.6) is 0 Å². The molecule has 2 aromatic rings. The van der Waals surface area contributed by atoms with Gasteiger partial charge in [-0.25, -0.2) is 0 Å². The number of halogens is 1. The minimum absolute atomic E-state index is 0.659. The largest absolute Gasteiger partial charge is 0.467 e. The number of unbranched alkanes of at least 4 members (excludes halogenated alkanes) is 1. The van der Waals surface area contributed by atoms with Crippen LogP contribution in [0.1, 0.15) is 37.5 Å². The molecule has 0 aliphatic heterocycles. The minimum Gasteiger partial charge on any atom is -0.467 e. The van der Waals surface area contributed by atoms with Crippen molar-refractivity contribution in [2.45, 2.75) is 39.7 Å². The van der Waals surface area contributed by atoms with Gasteiger partial charge in [-0.15, -0.1) is 0 Å². The number of quaternary nitrogens is 1. The van der Waals surface area contributed by atoms with Gasteiger partial charge in [-0.2, -0.15) is 0 Å². The molecule has 0 spiro atoms. The summed E-state index contributed by atoms with van der Waals surface area (Å²) in [5, 5.41) is 4.80. The molecule has 0 aliphatic carbocycles. The molecule has 1 aromatic carbocycles. The summed E-state index contributed by atoms with van der Waals surface area (Å²) >= 11 is 11.9. The van der Waals surface area contributed by atoms with E-state index in [0.29, 0.717) is 11.7 Å². The maximum atomic E-state index is 6.24. The lowest BCUT2D eigenvalue weighted by atomic mass is 10.2. The molecule has 1 unspecified atom stereocenters. The lowest BCUT2D eigenvalue weighted by Gasteiger charge is -2.26. The molecule has 2 N–H and O–H groups in total. The van der Waals surface area contributed by atoms with Gasteiger partial charge in [0.25, 0.3) is 0 Å². The highest BCUT2D eigenvalue weighted by atomic mass is 35.5. The fraction of sp³-hybridized carbons (Fsp3) is 0.476. The number of nitrogens with one attached hydrogen (secondary N) is 2. The number of hydrogen-bond acceptors (Lipinski definition) is 2. The molecule has 1 atom stereocenters. The Balaban J connectivity index is 1.98. The van der Waals surface area contributed by atoms with Gasteiger partial charge in [-0.1, -0.05) is 31.0 Å². The van der Waals surface area contributed by atoms with Gasteiger partial charge in [0.1, 0.15) is 5.76 Å². The molecular formula is C21H31ClN3OS+. The van der Waals surface area contributed by atoms with Gasteiger partial charge in [0, 0.05) is 23.7 Å². The SMILES string of the molecule is CCCC[NH+](C)CCCN(Cc1ccco1)C(=S)Nc1cccc(Cl)c1C. The van der Waals surface area contributed by atoms with Gasteiger partial charge in [0.15, 0.2) is 5.11 Å². The minimum atomic E-state index is 0.659. The molecule has 0 radical (unpaired) electrons. The van der Waals surface area contributed by atoms with Crippen molar-refractivity contribution >= 4 is 34.6 Å². The highest BCUT2D eigenvalue weighted by Gasteiger charge is 2.14. The van der Waals surface area contributed by atoms with E-state index < -0.39 is 0 Å². The molecule has 4 nitrogen and oxygen atoms in total. The Hall–Kier alpha value is -1.56. The van der Waals surface area contributed by atoms with Crippen LogP contribution in [0.2, 0.25) is 5.02 Å². The quantitative estimate of drug-likeness (QED) is 0.578. The number of furan rings is 1. The van der Waals surface area contributed by atoms with E-state index in [1.54, 1.807) is 11.2 Å². The Morgan fingerprint density at radius 1 is 1.22 bits per heavy atom. The van der Waals surface area contributed by atoms with Crippen molar-refractivity contribution in [1.82, 2.24) is 4.90 Å². The molecule has 1 heterocycles. The lowest BCUT2D eigenvalue weighted by Crippen LogP contribution is -3.09. The van der Waals surface area contributed by atoms with Crippen LogP contribution in [0, 0.1) is 6.92 Å². The van der Waals surface area contributed by atoms with E-state index in [0.717, 1.165) is 41.5 Å². The van der Waals surface area contributed by atoms with Crippen molar-refractivity contribution in [1.29, 1.82) is 0 Å². The summed E-state index contributed by atoms with van der Waals surface area (Å²) in [6, 6.07) is 9.72. The van der Waals surface area contributed by atoms with Gasteiger partial charge in [-0.3, -0.25) is 0 Å². The molecule has 27 heavy (non-hydrogen) atoms. The summed E-state index contributed by atoms with van der Waals surface area (Å²) in [6.07, 6.45) is 5.30. The first-order valence-corrected chi connectivity index (χ1v) is 10.4. The van der Waals surface area contributed by atoms with Gasteiger partial charge in [-0.05, 0) is 55.4 Å². The van der Waals surface area contributed by atoms with Gasteiger partial charge < -0.3 is 19.5 Å². The molecule has 148 valence electrons.